The Morgan fingerprint density at radius 1 is 1.14 bits per heavy atom. The first kappa shape index (κ1) is 17.5. The van der Waals surface area contributed by atoms with Crippen molar-refractivity contribution in [3.8, 4) is 17.4 Å². The number of methoxy groups -OCH3 is 1. The lowest BCUT2D eigenvalue weighted by molar-refractivity contribution is 0.415. The van der Waals surface area contributed by atoms with Gasteiger partial charge in [0.2, 0.25) is 5.88 Å². The SMILES string of the molecule is COc1ccc2c3c(c(=O)[nH]c2c1)C(c1ccc(Cl)cc1)c1c(N)ncnc1O3. The molecular weight excluding hydrogens is 392 g/mol. The minimum atomic E-state index is -0.498. The molecule has 29 heavy (non-hydrogen) atoms. The summed E-state index contributed by atoms with van der Waals surface area (Å²) < 4.78 is 11.4. The molecule has 3 heterocycles. The van der Waals surface area contributed by atoms with Crippen LogP contribution in [0.4, 0.5) is 5.82 Å². The molecule has 0 fully saturated rings. The van der Waals surface area contributed by atoms with Gasteiger partial charge < -0.3 is 20.2 Å². The van der Waals surface area contributed by atoms with Crippen LogP contribution in [0, 0.1) is 0 Å². The average Bonchev–Trinajstić information content (AvgIpc) is 2.73. The molecule has 7 nitrogen and oxygen atoms in total. The predicted octanol–water partition coefficient (Wildman–Crippen LogP) is 3.85. The fourth-order valence-electron chi connectivity index (χ4n) is 3.74. The minimum absolute atomic E-state index is 0.259. The molecule has 1 atom stereocenters. The molecule has 3 N–H and O–H groups in total. The van der Waals surface area contributed by atoms with Crippen molar-refractivity contribution in [2.24, 2.45) is 0 Å². The van der Waals surface area contributed by atoms with E-state index in [9.17, 15) is 4.79 Å². The highest BCUT2D eigenvalue weighted by Gasteiger charge is 2.35. The van der Waals surface area contributed by atoms with Gasteiger partial charge in [-0.1, -0.05) is 23.7 Å². The highest BCUT2D eigenvalue weighted by Crippen LogP contribution is 2.48. The number of nitrogens with two attached hydrogens (primary N) is 1. The third kappa shape index (κ3) is 2.70. The highest BCUT2D eigenvalue weighted by atomic mass is 35.5. The van der Waals surface area contributed by atoms with E-state index in [-0.39, 0.29) is 11.4 Å². The van der Waals surface area contributed by atoms with E-state index in [0.29, 0.717) is 39.0 Å². The standard InChI is InChI=1S/C21H15ClN4O3/c1-28-12-6-7-13-14(8-12)26-20(27)16-15(10-2-4-11(22)5-3-10)17-19(23)24-9-25-21(17)29-18(13)16/h2-9,15H,1H3,(H,26,27)(H2,23,24,25). The summed E-state index contributed by atoms with van der Waals surface area (Å²) in [4.78, 5) is 24.5. The van der Waals surface area contributed by atoms with E-state index in [4.69, 9.17) is 26.8 Å². The van der Waals surface area contributed by atoms with Crippen LogP contribution in [0.1, 0.15) is 22.6 Å². The highest BCUT2D eigenvalue weighted by molar-refractivity contribution is 6.30. The summed E-state index contributed by atoms with van der Waals surface area (Å²) in [5.41, 5.74) is 8.33. The Kier molecular flexibility index (Phi) is 3.92. The number of H-pyrrole nitrogens is 1. The number of aromatic amines is 1. The number of halogens is 1. The molecule has 2 aromatic carbocycles. The summed E-state index contributed by atoms with van der Waals surface area (Å²) >= 11 is 6.07. The van der Waals surface area contributed by atoms with Gasteiger partial charge >= 0.3 is 0 Å². The molecule has 0 saturated heterocycles. The van der Waals surface area contributed by atoms with Crippen LogP contribution in [0.15, 0.2) is 53.6 Å². The van der Waals surface area contributed by atoms with E-state index in [1.54, 1.807) is 25.3 Å². The number of fused-ring (bicyclic) bond motifs is 4. The van der Waals surface area contributed by atoms with Gasteiger partial charge in [0.25, 0.3) is 5.56 Å². The maximum Gasteiger partial charge on any atom is 0.256 e. The summed E-state index contributed by atoms with van der Waals surface area (Å²) in [5, 5.41) is 1.33. The number of ether oxygens (including phenoxy) is 2. The second-order valence-electron chi connectivity index (χ2n) is 6.67. The number of hydrogen-bond donors (Lipinski definition) is 2. The number of nitrogen functional groups attached to an aromatic ring is 1. The van der Waals surface area contributed by atoms with Crippen molar-refractivity contribution in [3.63, 3.8) is 0 Å². The van der Waals surface area contributed by atoms with Gasteiger partial charge in [0.15, 0.2) is 0 Å². The van der Waals surface area contributed by atoms with Crippen molar-refractivity contribution in [1.82, 2.24) is 15.0 Å². The second kappa shape index (κ2) is 6.49. The van der Waals surface area contributed by atoms with Crippen LogP contribution >= 0.6 is 11.6 Å². The van der Waals surface area contributed by atoms with E-state index >= 15 is 0 Å². The van der Waals surface area contributed by atoms with Crippen molar-refractivity contribution >= 4 is 28.3 Å². The summed E-state index contributed by atoms with van der Waals surface area (Å²) in [6, 6.07) is 12.7. The fourth-order valence-corrected chi connectivity index (χ4v) is 3.86. The Bertz CT molecular complexity index is 1320. The van der Waals surface area contributed by atoms with E-state index in [1.165, 1.54) is 6.33 Å². The fraction of sp³-hybridized carbons (Fsp3) is 0.0952. The molecule has 8 heteroatoms. The van der Waals surface area contributed by atoms with Gasteiger partial charge in [0.05, 0.1) is 29.7 Å². The Labute approximate surface area is 170 Å². The minimum Gasteiger partial charge on any atom is -0.497 e. The molecule has 1 aliphatic heterocycles. The maximum absolute atomic E-state index is 13.2. The van der Waals surface area contributed by atoms with Gasteiger partial charge in [-0.15, -0.1) is 0 Å². The molecule has 1 aliphatic rings. The maximum atomic E-state index is 13.2. The zero-order valence-electron chi connectivity index (χ0n) is 15.3. The first-order valence-corrected chi connectivity index (χ1v) is 9.22. The lowest BCUT2D eigenvalue weighted by Crippen LogP contribution is -2.24. The molecule has 0 amide bonds. The first-order valence-electron chi connectivity index (χ1n) is 8.84. The number of benzene rings is 2. The van der Waals surface area contributed by atoms with Crippen LogP contribution in [0.3, 0.4) is 0 Å². The predicted molar refractivity (Wildman–Crippen MR) is 110 cm³/mol. The zero-order valence-corrected chi connectivity index (χ0v) is 16.0. The molecule has 0 aliphatic carbocycles. The third-order valence-corrected chi connectivity index (χ3v) is 5.32. The number of nitrogens with one attached hydrogen (secondary N) is 1. The zero-order chi connectivity index (χ0) is 20.1. The molecule has 144 valence electrons. The topological polar surface area (TPSA) is 103 Å². The number of rotatable bonds is 2. The average molecular weight is 407 g/mol. The van der Waals surface area contributed by atoms with Gasteiger partial charge in [-0.2, -0.15) is 0 Å². The van der Waals surface area contributed by atoms with Crippen LogP contribution in [0.25, 0.3) is 10.9 Å². The monoisotopic (exact) mass is 406 g/mol. The molecule has 0 saturated carbocycles. The van der Waals surface area contributed by atoms with Crippen molar-refractivity contribution in [3.05, 3.63) is 80.9 Å². The van der Waals surface area contributed by atoms with Crippen LogP contribution in [0.2, 0.25) is 5.02 Å². The van der Waals surface area contributed by atoms with Gasteiger partial charge in [-0.05, 0) is 29.8 Å². The Balaban J connectivity index is 1.86. The molecule has 0 radical (unpaired) electrons. The van der Waals surface area contributed by atoms with Crippen LogP contribution in [-0.4, -0.2) is 22.1 Å². The molecule has 1 unspecified atom stereocenters. The van der Waals surface area contributed by atoms with Crippen molar-refractivity contribution in [1.29, 1.82) is 0 Å². The smallest absolute Gasteiger partial charge is 0.256 e. The first-order chi connectivity index (χ1) is 14.1. The summed E-state index contributed by atoms with van der Waals surface area (Å²) in [5.74, 6) is 1.16. The molecule has 0 bridgehead atoms. The largest absolute Gasteiger partial charge is 0.497 e. The molecule has 0 spiro atoms. The number of nitrogens with zero attached hydrogens (tertiary/aromatic N) is 2. The van der Waals surface area contributed by atoms with E-state index in [1.807, 2.05) is 24.3 Å². The number of anilines is 1. The summed E-state index contributed by atoms with van der Waals surface area (Å²) in [6.07, 6.45) is 1.34. The second-order valence-corrected chi connectivity index (χ2v) is 7.11. The Morgan fingerprint density at radius 3 is 2.69 bits per heavy atom. The van der Waals surface area contributed by atoms with Gasteiger partial charge in [0, 0.05) is 16.5 Å². The lowest BCUT2D eigenvalue weighted by atomic mass is 9.83. The normalized spacial score (nSPS) is 14.8. The molecule has 5 rings (SSSR count). The van der Waals surface area contributed by atoms with Crippen molar-refractivity contribution in [2.75, 3.05) is 12.8 Å². The van der Waals surface area contributed by atoms with E-state index < -0.39 is 5.92 Å². The third-order valence-electron chi connectivity index (χ3n) is 5.07. The Hall–Kier alpha value is -3.58. The van der Waals surface area contributed by atoms with E-state index in [2.05, 4.69) is 15.0 Å². The van der Waals surface area contributed by atoms with Crippen LogP contribution in [0.5, 0.6) is 17.4 Å². The summed E-state index contributed by atoms with van der Waals surface area (Å²) in [6.45, 7) is 0. The van der Waals surface area contributed by atoms with Crippen LogP contribution < -0.4 is 20.8 Å². The van der Waals surface area contributed by atoms with Gasteiger partial charge in [-0.3, -0.25) is 4.79 Å². The van der Waals surface area contributed by atoms with Crippen molar-refractivity contribution in [2.45, 2.75) is 5.92 Å². The molecule has 2 aromatic heterocycles. The molecule has 4 aromatic rings. The van der Waals surface area contributed by atoms with Gasteiger partial charge in [0.1, 0.15) is 23.6 Å². The number of aromatic nitrogens is 3. The molecular formula is C21H15ClN4O3. The quantitative estimate of drug-likeness (QED) is 0.461. The number of pyridine rings is 1. The summed E-state index contributed by atoms with van der Waals surface area (Å²) in [7, 11) is 1.57. The van der Waals surface area contributed by atoms with Crippen LogP contribution in [-0.2, 0) is 0 Å². The Morgan fingerprint density at radius 2 is 1.93 bits per heavy atom. The number of hydrogen-bond acceptors (Lipinski definition) is 6. The van der Waals surface area contributed by atoms with Crippen molar-refractivity contribution < 1.29 is 9.47 Å². The lowest BCUT2D eigenvalue weighted by Gasteiger charge is -2.28. The van der Waals surface area contributed by atoms with Gasteiger partial charge in [-0.25, -0.2) is 9.97 Å². The van der Waals surface area contributed by atoms with E-state index in [0.717, 1.165) is 10.9 Å².